The Bertz CT molecular complexity index is 1250. The van der Waals surface area contributed by atoms with Crippen LogP contribution >= 0.6 is 0 Å². The van der Waals surface area contributed by atoms with E-state index in [-0.39, 0.29) is 24.8 Å². The molecule has 1 heterocycles. The average molecular weight is 433 g/mol. The number of fused-ring (bicyclic) bond motifs is 1. The van der Waals surface area contributed by atoms with Crippen molar-refractivity contribution in [1.29, 1.82) is 0 Å². The van der Waals surface area contributed by atoms with Crippen molar-refractivity contribution in [2.45, 2.75) is 26.5 Å². The third-order valence-corrected chi connectivity index (χ3v) is 5.09. The minimum absolute atomic E-state index is 0.122. The Morgan fingerprint density at radius 2 is 1.91 bits per heavy atom. The molecule has 0 atom stereocenters. The van der Waals surface area contributed by atoms with E-state index in [2.05, 4.69) is 0 Å². The molecule has 4 aromatic rings. The van der Waals surface area contributed by atoms with Crippen LogP contribution in [0.15, 0.2) is 71.1 Å². The summed E-state index contributed by atoms with van der Waals surface area (Å²) in [5.74, 6) is 0.460. The highest BCUT2D eigenvalue weighted by atomic mass is 19.1. The van der Waals surface area contributed by atoms with Gasteiger partial charge in [-0.05, 0) is 48.4 Å². The second kappa shape index (κ2) is 9.66. The van der Waals surface area contributed by atoms with Crippen molar-refractivity contribution in [3.63, 3.8) is 0 Å². The quantitative estimate of drug-likeness (QED) is 0.378. The first kappa shape index (κ1) is 21.6. The predicted octanol–water partition coefficient (Wildman–Crippen LogP) is 5.38. The number of carbonyl (C=O) groups is 1. The van der Waals surface area contributed by atoms with E-state index in [1.165, 1.54) is 12.1 Å². The van der Waals surface area contributed by atoms with Gasteiger partial charge in [0.1, 0.15) is 29.5 Å². The molecule has 164 valence electrons. The van der Waals surface area contributed by atoms with Crippen LogP contribution in [0.2, 0.25) is 0 Å². The van der Waals surface area contributed by atoms with Crippen LogP contribution in [-0.4, -0.2) is 12.6 Å². The molecule has 0 radical (unpaired) electrons. The summed E-state index contributed by atoms with van der Waals surface area (Å²) >= 11 is 0. The second-order valence-electron chi connectivity index (χ2n) is 7.37. The summed E-state index contributed by atoms with van der Waals surface area (Å²) in [6.07, 6.45) is 0.122. The van der Waals surface area contributed by atoms with E-state index in [0.29, 0.717) is 41.2 Å². The van der Waals surface area contributed by atoms with Crippen LogP contribution in [0.5, 0.6) is 5.75 Å². The maximum absolute atomic E-state index is 14.3. The number of esters is 1. The molecule has 1 aromatic heterocycles. The van der Waals surface area contributed by atoms with E-state index < -0.39 is 0 Å². The Balaban J connectivity index is 1.60. The minimum Gasteiger partial charge on any atom is -0.485 e. The van der Waals surface area contributed by atoms with Gasteiger partial charge in [0.15, 0.2) is 0 Å². The molecular formula is C26H24FNO4. The highest BCUT2D eigenvalue weighted by molar-refractivity contribution is 5.93. The van der Waals surface area contributed by atoms with Crippen LogP contribution in [0.1, 0.15) is 23.8 Å². The van der Waals surface area contributed by atoms with Gasteiger partial charge in [0.2, 0.25) is 0 Å². The molecule has 0 saturated heterocycles. The van der Waals surface area contributed by atoms with E-state index >= 15 is 0 Å². The molecule has 0 saturated carbocycles. The van der Waals surface area contributed by atoms with Crippen LogP contribution in [0, 0.1) is 5.82 Å². The summed E-state index contributed by atoms with van der Waals surface area (Å²) in [4.78, 5) is 11.9. The largest absolute Gasteiger partial charge is 0.485 e. The number of carbonyl (C=O) groups excluding carboxylic acids is 1. The number of ether oxygens (including phenoxy) is 2. The Morgan fingerprint density at radius 1 is 1.06 bits per heavy atom. The van der Waals surface area contributed by atoms with Gasteiger partial charge in [-0.2, -0.15) is 0 Å². The Morgan fingerprint density at radius 3 is 2.72 bits per heavy atom. The highest BCUT2D eigenvalue weighted by Gasteiger charge is 2.15. The van der Waals surface area contributed by atoms with Gasteiger partial charge >= 0.3 is 5.97 Å². The van der Waals surface area contributed by atoms with Crippen molar-refractivity contribution in [3.8, 4) is 16.9 Å². The Labute approximate surface area is 185 Å². The Kier molecular flexibility index (Phi) is 6.52. The highest BCUT2D eigenvalue weighted by Crippen LogP contribution is 2.33. The SMILES string of the molecule is CCOC(=O)Cc1ccccc1OCc1cc2cc(F)cc(-c3cccc(CN)c3)c2o1. The fourth-order valence-corrected chi connectivity index (χ4v) is 3.63. The zero-order valence-corrected chi connectivity index (χ0v) is 17.8. The van der Waals surface area contributed by atoms with E-state index in [0.717, 1.165) is 16.7 Å². The molecule has 0 aliphatic carbocycles. The van der Waals surface area contributed by atoms with Crippen LogP contribution < -0.4 is 10.5 Å². The van der Waals surface area contributed by atoms with Crippen LogP contribution in [-0.2, 0) is 29.1 Å². The number of rotatable bonds is 8. The van der Waals surface area contributed by atoms with Crippen molar-refractivity contribution in [2.75, 3.05) is 6.61 Å². The minimum atomic E-state index is -0.348. The molecule has 6 heteroatoms. The van der Waals surface area contributed by atoms with E-state index in [1.807, 2.05) is 42.5 Å². The fraction of sp³-hybridized carbons (Fsp3) is 0.192. The van der Waals surface area contributed by atoms with Gasteiger partial charge in [0, 0.05) is 23.1 Å². The molecule has 0 aliphatic rings. The molecule has 4 rings (SSSR count). The number of furan rings is 1. The third kappa shape index (κ3) is 4.81. The molecule has 5 nitrogen and oxygen atoms in total. The van der Waals surface area contributed by atoms with E-state index in [1.54, 1.807) is 19.1 Å². The standard InChI is InChI=1S/C26H24FNO4/c1-2-30-25(29)13-19-7-3-4-9-24(19)31-16-22-12-20-11-21(27)14-23(26(20)32-22)18-8-5-6-17(10-18)15-28/h3-12,14H,2,13,15-16,28H2,1H3. The number of para-hydroxylation sites is 1. The summed E-state index contributed by atoms with van der Waals surface area (Å²) in [6, 6.07) is 19.6. The molecule has 0 spiro atoms. The Hall–Kier alpha value is -3.64. The zero-order chi connectivity index (χ0) is 22.5. The lowest BCUT2D eigenvalue weighted by molar-refractivity contribution is -0.142. The maximum Gasteiger partial charge on any atom is 0.310 e. The normalized spacial score (nSPS) is 11.0. The number of nitrogens with two attached hydrogens (primary N) is 1. The van der Waals surface area contributed by atoms with Gasteiger partial charge in [0.25, 0.3) is 0 Å². The second-order valence-corrected chi connectivity index (χ2v) is 7.37. The number of hydrogen-bond donors (Lipinski definition) is 1. The van der Waals surface area contributed by atoms with Crippen molar-refractivity contribution in [3.05, 3.63) is 89.4 Å². The van der Waals surface area contributed by atoms with Gasteiger partial charge in [-0.25, -0.2) is 4.39 Å². The molecule has 0 aliphatic heterocycles. The first-order chi connectivity index (χ1) is 15.6. The molecule has 0 bridgehead atoms. The average Bonchev–Trinajstić information content (AvgIpc) is 3.20. The number of benzene rings is 3. The summed E-state index contributed by atoms with van der Waals surface area (Å²) in [7, 11) is 0. The molecule has 3 aromatic carbocycles. The van der Waals surface area contributed by atoms with Gasteiger partial charge in [-0.15, -0.1) is 0 Å². The molecule has 32 heavy (non-hydrogen) atoms. The fourth-order valence-electron chi connectivity index (χ4n) is 3.63. The lowest BCUT2D eigenvalue weighted by atomic mass is 10.0. The predicted molar refractivity (Wildman–Crippen MR) is 121 cm³/mol. The first-order valence-electron chi connectivity index (χ1n) is 10.4. The van der Waals surface area contributed by atoms with Crippen molar-refractivity contribution in [2.24, 2.45) is 5.73 Å². The maximum atomic E-state index is 14.3. The van der Waals surface area contributed by atoms with Gasteiger partial charge in [-0.3, -0.25) is 4.79 Å². The summed E-state index contributed by atoms with van der Waals surface area (Å²) < 4.78 is 31.3. The van der Waals surface area contributed by atoms with Crippen LogP contribution in [0.25, 0.3) is 22.1 Å². The van der Waals surface area contributed by atoms with Crippen molar-refractivity contribution >= 4 is 16.9 Å². The molecule has 2 N–H and O–H groups in total. The lowest BCUT2D eigenvalue weighted by Crippen LogP contribution is -2.09. The molecule has 0 amide bonds. The van der Waals surface area contributed by atoms with Crippen molar-refractivity contribution in [1.82, 2.24) is 0 Å². The van der Waals surface area contributed by atoms with Gasteiger partial charge in [-0.1, -0.05) is 36.4 Å². The topological polar surface area (TPSA) is 74.7 Å². The molecule has 0 unspecified atom stereocenters. The lowest BCUT2D eigenvalue weighted by Gasteiger charge is -2.10. The number of hydrogen-bond acceptors (Lipinski definition) is 5. The smallest absolute Gasteiger partial charge is 0.310 e. The van der Waals surface area contributed by atoms with Gasteiger partial charge in [0.05, 0.1) is 13.0 Å². The van der Waals surface area contributed by atoms with Gasteiger partial charge < -0.3 is 19.6 Å². The summed E-state index contributed by atoms with van der Waals surface area (Å²) in [5.41, 5.74) is 9.51. The molecule has 0 fully saturated rings. The van der Waals surface area contributed by atoms with E-state index in [4.69, 9.17) is 19.6 Å². The summed E-state index contributed by atoms with van der Waals surface area (Å²) in [5, 5.41) is 0.650. The third-order valence-electron chi connectivity index (χ3n) is 5.09. The van der Waals surface area contributed by atoms with Crippen molar-refractivity contribution < 1.29 is 23.1 Å². The molecular weight excluding hydrogens is 409 g/mol. The van der Waals surface area contributed by atoms with E-state index in [9.17, 15) is 9.18 Å². The number of halogens is 1. The van der Waals surface area contributed by atoms with Crippen LogP contribution in [0.3, 0.4) is 0 Å². The van der Waals surface area contributed by atoms with Crippen LogP contribution in [0.4, 0.5) is 4.39 Å². The first-order valence-corrected chi connectivity index (χ1v) is 10.4. The monoisotopic (exact) mass is 433 g/mol. The zero-order valence-electron chi connectivity index (χ0n) is 17.8. The summed E-state index contributed by atoms with van der Waals surface area (Å²) in [6.45, 7) is 2.63.